The quantitative estimate of drug-likeness (QED) is 0.283. The van der Waals surface area contributed by atoms with E-state index in [2.05, 4.69) is 38.1 Å². The van der Waals surface area contributed by atoms with E-state index in [9.17, 15) is 4.39 Å². The van der Waals surface area contributed by atoms with Crippen molar-refractivity contribution in [1.82, 2.24) is 0 Å². The van der Waals surface area contributed by atoms with E-state index in [4.69, 9.17) is 4.74 Å². The topological polar surface area (TPSA) is 9.23 Å². The van der Waals surface area contributed by atoms with Crippen LogP contribution in [0, 0.1) is 17.7 Å². The first-order chi connectivity index (χ1) is 15.7. The van der Waals surface area contributed by atoms with Crippen molar-refractivity contribution in [2.45, 2.75) is 97.3 Å². The summed E-state index contributed by atoms with van der Waals surface area (Å²) in [5.74, 6) is 1.99. The number of hydrogen-bond acceptors (Lipinski definition) is 1. The van der Waals surface area contributed by atoms with Crippen molar-refractivity contribution in [2.75, 3.05) is 6.61 Å². The molecule has 1 fully saturated rings. The average molecular weight is 439 g/mol. The summed E-state index contributed by atoms with van der Waals surface area (Å²) in [5, 5.41) is 0. The third-order valence-electron chi connectivity index (χ3n) is 7.19. The van der Waals surface area contributed by atoms with Crippen LogP contribution >= 0.6 is 0 Å². The normalized spacial score (nSPS) is 18.6. The number of rotatable bonds is 13. The third kappa shape index (κ3) is 7.94. The predicted molar refractivity (Wildman–Crippen MR) is 135 cm³/mol. The Hall–Kier alpha value is -1.83. The molecule has 0 saturated heterocycles. The molecule has 176 valence electrons. The van der Waals surface area contributed by atoms with E-state index < -0.39 is 0 Å². The van der Waals surface area contributed by atoms with Crippen molar-refractivity contribution in [3.8, 4) is 16.9 Å². The minimum atomic E-state index is -0.196. The van der Waals surface area contributed by atoms with Crippen molar-refractivity contribution in [3.05, 3.63) is 53.8 Å². The summed E-state index contributed by atoms with van der Waals surface area (Å²) in [5.41, 5.74) is 2.94. The van der Waals surface area contributed by atoms with Gasteiger partial charge in [0, 0.05) is 11.6 Å². The van der Waals surface area contributed by atoms with Gasteiger partial charge in [-0.25, -0.2) is 4.39 Å². The number of benzene rings is 2. The first-order valence-electron chi connectivity index (χ1n) is 13.2. The molecule has 1 saturated carbocycles. The predicted octanol–water partition coefficient (Wildman–Crippen LogP) is 9.38. The molecule has 0 heterocycles. The Morgan fingerprint density at radius 2 is 1.47 bits per heavy atom. The van der Waals surface area contributed by atoms with Crippen molar-refractivity contribution in [2.24, 2.45) is 11.8 Å². The number of hydrogen-bond donors (Lipinski definition) is 0. The zero-order chi connectivity index (χ0) is 22.6. The first-order valence-corrected chi connectivity index (χ1v) is 13.2. The maximum Gasteiger partial charge on any atom is 0.134 e. The van der Waals surface area contributed by atoms with Crippen LogP contribution in [0.4, 0.5) is 4.39 Å². The molecule has 1 nitrogen and oxygen atoms in total. The molecule has 0 N–H and O–H groups in total. The zero-order valence-electron chi connectivity index (χ0n) is 20.4. The Bertz CT molecular complexity index is 774. The van der Waals surface area contributed by atoms with Gasteiger partial charge in [0.1, 0.15) is 11.6 Å². The maximum atomic E-state index is 14.8. The number of halogens is 1. The highest BCUT2D eigenvalue weighted by molar-refractivity contribution is 5.65. The Labute approximate surface area is 195 Å². The molecule has 0 aliphatic heterocycles. The van der Waals surface area contributed by atoms with Crippen LogP contribution in [0.15, 0.2) is 42.5 Å². The lowest BCUT2D eigenvalue weighted by Gasteiger charge is -2.28. The van der Waals surface area contributed by atoms with Crippen LogP contribution in [-0.2, 0) is 6.42 Å². The minimum absolute atomic E-state index is 0.196. The summed E-state index contributed by atoms with van der Waals surface area (Å²) in [6.07, 6.45) is 16.8. The second-order valence-electron chi connectivity index (χ2n) is 9.84. The van der Waals surface area contributed by atoms with E-state index in [-0.39, 0.29) is 5.82 Å². The molecule has 0 spiro atoms. The number of aryl methyl sites for hydroxylation is 1. The molecule has 2 aromatic carbocycles. The van der Waals surface area contributed by atoms with Crippen LogP contribution in [0.1, 0.15) is 96.5 Å². The molecule has 0 unspecified atom stereocenters. The summed E-state index contributed by atoms with van der Waals surface area (Å²) >= 11 is 0. The number of unbranched alkanes of at least 4 members (excludes halogenated alkanes) is 5. The number of ether oxygens (including phenoxy) is 1. The molecule has 0 amide bonds. The van der Waals surface area contributed by atoms with Gasteiger partial charge in [0.25, 0.3) is 0 Å². The van der Waals surface area contributed by atoms with Gasteiger partial charge in [0.2, 0.25) is 0 Å². The van der Waals surface area contributed by atoms with Gasteiger partial charge < -0.3 is 4.74 Å². The van der Waals surface area contributed by atoms with E-state index in [0.717, 1.165) is 17.9 Å². The maximum absolute atomic E-state index is 14.8. The fourth-order valence-corrected chi connectivity index (χ4v) is 5.00. The molecule has 2 heteroatoms. The summed E-state index contributed by atoms with van der Waals surface area (Å²) < 4.78 is 20.8. The lowest BCUT2D eigenvalue weighted by Crippen LogP contribution is -2.20. The van der Waals surface area contributed by atoms with E-state index >= 15 is 0 Å². The first kappa shape index (κ1) is 24.8. The van der Waals surface area contributed by atoms with Crippen LogP contribution in [0.3, 0.4) is 0 Å². The Morgan fingerprint density at radius 3 is 2.16 bits per heavy atom. The van der Waals surface area contributed by atoms with Crippen LogP contribution in [0.5, 0.6) is 5.75 Å². The molecule has 3 rings (SSSR count). The summed E-state index contributed by atoms with van der Waals surface area (Å²) in [4.78, 5) is 0. The van der Waals surface area contributed by atoms with Gasteiger partial charge >= 0.3 is 0 Å². The van der Waals surface area contributed by atoms with Crippen LogP contribution < -0.4 is 4.74 Å². The Balaban J connectivity index is 1.45. The second-order valence-corrected chi connectivity index (χ2v) is 9.84. The molecule has 1 aliphatic rings. The van der Waals surface area contributed by atoms with Gasteiger partial charge in [0.15, 0.2) is 0 Å². The second kappa shape index (κ2) is 13.7. The summed E-state index contributed by atoms with van der Waals surface area (Å²) in [6, 6.07) is 13.8. The fourth-order valence-electron chi connectivity index (χ4n) is 5.00. The van der Waals surface area contributed by atoms with Gasteiger partial charge in [-0.2, -0.15) is 0 Å². The molecule has 0 aromatic heterocycles. The SMILES string of the molecule is CCCCCCCc1ccc(-c2ccc(OC[C@H]3CC[C@H](CCCC)CC3)cc2F)cc1. The van der Waals surface area contributed by atoms with Gasteiger partial charge in [0.05, 0.1) is 6.61 Å². The van der Waals surface area contributed by atoms with Gasteiger partial charge in [-0.1, -0.05) is 95.9 Å². The summed E-state index contributed by atoms with van der Waals surface area (Å²) in [7, 11) is 0. The van der Waals surface area contributed by atoms with E-state index in [0.29, 0.717) is 23.8 Å². The minimum Gasteiger partial charge on any atom is -0.493 e. The van der Waals surface area contributed by atoms with Crippen molar-refractivity contribution >= 4 is 0 Å². The molecule has 2 aromatic rings. The Morgan fingerprint density at radius 1 is 0.781 bits per heavy atom. The fraction of sp³-hybridized carbons (Fsp3) is 0.600. The highest BCUT2D eigenvalue weighted by atomic mass is 19.1. The molecular weight excluding hydrogens is 395 g/mol. The lowest BCUT2D eigenvalue weighted by molar-refractivity contribution is 0.177. The van der Waals surface area contributed by atoms with E-state index in [1.165, 1.54) is 82.6 Å². The largest absolute Gasteiger partial charge is 0.493 e. The molecule has 0 atom stereocenters. The zero-order valence-corrected chi connectivity index (χ0v) is 20.4. The molecule has 1 aliphatic carbocycles. The standard InChI is InChI=1S/C30H43FO/c1-3-5-7-8-9-11-25-16-18-27(19-17-25)29-21-20-28(22-30(29)31)32-23-26-14-12-24(13-15-26)10-6-4-2/h16-22,24,26H,3-15,23H2,1-2H3/t24-,26-. The van der Waals surface area contributed by atoms with Crippen LogP contribution in [0.2, 0.25) is 0 Å². The summed E-state index contributed by atoms with van der Waals surface area (Å²) in [6.45, 7) is 5.23. The van der Waals surface area contributed by atoms with Crippen molar-refractivity contribution < 1.29 is 9.13 Å². The Kier molecular flexibility index (Phi) is 10.6. The van der Waals surface area contributed by atoms with Gasteiger partial charge in [-0.05, 0) is 60.8 Å². The van der Waals surface area contributed by atoms with Crippen molar-refractivity contribution in [3.63, 3.8) is 0 Å². The highest BCUT2D eigenvalue weighted by Gasteiger charge is 2.21. The molecule has 0 radical (unpaired) electrons. The smallest absolute Gasteiger partial charge is 0.134 e. The van der Waals surface area contributed by atoms with E-state index in [1.54, 1.807) is 6.07 Å². The molecule has 32 heavy (non-hydrogen) atoms. The lowest BCUT2D eigenvalue weighted by atomic mass is 9.80. The average Bonchev–Trinajstić information content (AvgIpc) is 2.82. The van der Waals surface area contributed by atoms with E-state index in [1.807, 2.05) is 12.1 Å². The third-order valence-corrected chi connectivity index (χ3v) is 7.19. The molecule has 0 bridgehead atoms. The highest BCUT2D eigenvalue weighted by Crippen LogP contribution is 2.33. The monoisotopic (exact) mass is 438 g/mol. The van der Waals surface area contributed by atoms with Crippen LogP contribution in [0.25, 0.3) is 11.1 Å². The molecular formula is C30H43FO. The van der Waals surface area contributed by atoms with Crippen molar-refractivity contribution in [1.29, 1.82) is 0 Å². The van der Waals surface area contributed by atoms with Gasteiger partial charge in [-0.15, -0.1) is 0 Å². The van der Waals surface area contributed by atoms with Crippen LogP contribution in [-0.4, -0.2) is 6.61 Å². The van der Waals surface area contributed by atoms with Gasteiger partial charge in [-0.3, -0.25) is 0 Å².